The number of carbonyl (C=O) groups excluding carboxylic acids is 1. The number of sulfone groups is 1. The fraction of sp³-hybridized carbons (Fsp3) is 0.154. The van der Waals surface area contributed by atoms with E-state index in [4.69, 9.17) is 23.2 Å². The van der Waals surface area contributed by atoms with Gasteiger partial charge in [0.2, 0.25) is 0 Å². The van der Waals surface area contributed by atoms with E-state index in [1.54, 1.807) is 0 Å². The van der Waals surface area contributed by atoms with E-state index in [1.165, 1.54) is 30.5 Å². The van der Waals surface area contributed by atoms with Crippen LogP contribution in [0.1, 0.15) is 10.4 Å². The van der Waals surface area contributed by atoms with Gasteiger partial charge in [0.05, 0.1) is 16.1 Å². The zero-order chi connectivity index (χ0) is 16.5. The van der Waals surface area contributed by atoms with Crippen LogP contribution in [0.2, 0.25) is 10.0 Å². The van der Waals surface area contributed by atoms with E-state index in [0.717, 1.165) is 10.9 Å². The minimum Gasteiger partial charge on any atom is -0.292 e. The van der Waals surface area contributed by atoms with Gasteiger partial charge in [0.15, 0.2) is 15.6 Å². The van der Waals surface area contributed by atoms with Gasteiger partial charge in [-0.1, -0.05) is 35.3 Å². The molecule has 0 spiro atoms. The number of halogens is 2. The molecule has 2 aromatic rings. The van der Waals surface area contributed by atoms with Crippen LogP contribution in [0.5, 0.6) is 0 Å². The van der Waals surface area contributed by atoms with Gasteiger partial charge in [-0.05, 0) is 12.1 Å². The van der Waals surface area contributed by atoms with Gasteiger partial charge in [-0.2, -0.15) is 5.10 Å². The molecule has 0 amide bonds. The summed E-state index contributed by atoms with van der Waals surface area (Å²) in [5.74, 6) is -0.409. The first-order valence-electron chi connectivity index (χ1n) is 5.94. The molecule has 0 aliphatic carbocycles. The van der Waals surface area contributed by atoms with Gasteiger partial charge in [-0.3, -0.25) is 9.59 Å². The normalized spacial score (nSPS) is 11.4. The largest absolute Gasteiger partial charge is 0.292 e. The quantitative estimate of drug-likeness (QED) is 0.776. The maximum Gasteiger partial charge on any atom is 0.287 e. The number of nitrogens with zero attached hydrogens (tertiary/aromatic N) is 2. The van der Waals surface area contributed by atoms with Gasteiger partial charge in [0.1, 0.15) is 11.6 Å². The minimum atomic E-state index is -3.33. The number of hydrogen-bond donors (Lipinski definition) is 0. The summed E-state index contributed by atoms with van der Waals surface area (Å²) in [6.45, 7) is -0.325. The van der Waals surface area contributed by atoms with Crippen LogP contribution >= 0.6 is 23.2 Å². The Morgan fingerprint density at radius 2 is 1.82 bits per heavy atom. The predicted molar refractivity (Wildman–Crippen MR) is 82.4 cm³/mol. The SMILES string of the molecule is CS(=O)(=O)c1ccc(C(=O)Cn2ncc(Cl)c(Cl)c2=O)cc1. The Kier molecular flexibility index (Phi) is 4.69. The third-order valence-corrected chi connectivity index (χ3v) is 4.72. The summed E-state index contributed by atoms with van der Waals surface area (Å²) in [4.78, 5) is 24.0. The van der Waals surface area contributed by atoms with Crippen molar-refractivity contribution in [3.63, 3.8) is 0 Å². The molecule has 1 aromatic heterocycles. The summed E-state index contributed by atoms with van der Waals surface area (Å²) in [5.41, 5.74) is -0.414. The molecule has 0 radical (unpaired) electrons. The molecule has 0 bridgehead atoms. The Hall–Kier alpha value is -1.70. The van der Waals surface area contributed by atoms with E-state index >= 15 is 0 Å². The second-order valence-electron chi connectivity index (χ2n) is 4.49. The first-order valence-corrected chi connectivity index (χ1v) is 8.59. The molecule has 0 aliphatic heterocycles. The van der Waals surface area contributed by atoms with Crippen LogP contribution < -0.4 is 5.56 Å². The molecule has 0 aliphatic rings. The Bertz CT molecular complexity index is 889. The van der Waals surface area contributed by atoms with Crippen LogP contribution in [-0.2, 0) is 16.4 Å². The number of hydrogen-bond acceptors (Lipinski definition) is 5. The lowest BCUT2D eigenvalue weighted by molar-refractivity contribution is 0.0965. The Labute approximate surface area is 136 Å². The molecule has 1 aromatic carbocycles. The molecule has 0 unspecified atom stereocenters. The zero-order valence-electron chi connectivity index (χ0n) is 11.3. The molecule has 0 saturated heterocycles. The minimum absolute atomic E-state index is 0.00729. The summed E-state index contributed by atoms with van der Waals surface area (Å²) < 4.78 is 23.6. The first kappa shape index (κ1) is 16.7. The zero-order valence-corrected chi connectivity index (χ0v) is 13.6. The molecule has 0 atom stereocenters. The van der Waals surface area contributed by atoms with E-state index in [9.17, 15) is 18.0 Å². The average Bonchev–Trinajstić information content (AvgIpc) is 2.47. The highest BCUT2D eigenvalue weighted by Crippen LogP contribution is 2.15. The van der Waals surface area contributed by atoms with Gasteiger partial charge in [-0.25, -0.2) is 13.1 Å². The Balaban J connectivity index is 2.27. The van der Waals surface area contributed by atoms with Crippen molar-refractivity contribution in [2.75, 3.05) is 6.26 Å². The topological polar surface area (TPSA) is 86.1 Å². The molecule has 9 heteroatoms. The van der Waals surface area contributed by atoms with Crippen LogP contribution in [0.25, 0.3) is 0 Å². The highest BCUT2D eigenvalue weighted by molar-refractivity contribution is 7.90. The summed E-state index contributed by atoms with van der Waals surface area (Å²) >= 11 is 11.3. The van der Waals surface area contributed by atoms with Gasteiger partial charge < -0.3 is 0 Å². The number of rotatable bonds is 4. The molecule has 0 fully saturated rings. The molecular weight excluding hydrogens is 351 g/mol. The van der Waals surface area contributed by atoms with E-state index < -0.39 is 21.2 Å². The van der Waals surface area contributed by atoms with Gasteiger partial charge in [0.25, 0.3) is 5.56 Å². The lowest BCUT2D eigenvalue weighted by Gasteiger charge is -2.05. The lowest BCUT2D eigenvalue weighted by atomic mass is 10.1. The summed E-state index contributed by atoms with van der Waals surface area (Å²) in [7, 11) is -3.33. The third-order valence-electron chi connectivity index (χ3n) is 2.84. The Morgan fingerprint density at radius 3 is 2.36 bits per heavy atom. The van der Waals surface area contributed by atoms with Crippen LogP contribution in [0.15, 0.2) is 40.2 Å². The fourth-order valence-electron chi connectivity index (χ4n) is 1.67. The third kappa shape index (κ3) is 3.55. The second kappa shape index (κ2) is 6.20. The number of aromatic nitrogens is 2. The van der Waals surface area contributed by atoms with Crippen molar-refractivity contribution >= 4 is 38.8 Å². The molecule has 6 nitrogen and oxygen atoms in total. The van der Waals surface area contributed by atoms with Gasteiger partial charge in [0, 0.05) is 11.8 Å². The fourth-order valence-corrected chi connectivity index (χ4v) is 2.57. The highest BCUT2D eigenvalue weighted by Gasteiger charge is 2.13. The van der Waals surface area contributed by atoms with Crippen LogP contribution in [0.3, 0.4) is 0 Å². The Morgan fingerprint density at radius 1 is 1.23 bits per heavy atom. The maximum absolute atomic E-state index is 12.1. The first-order chi connectivity index (χ1) is 10.2. The van der Waals surface area contributed by atoms with Crippen molar-refractivity contribution in [1.82, 2.24) is 9.78 Å². The van der Waals surface area contributed by atoms with Gasteiger partial charge in [-0.15, -0.1) is 0 Å². The monoisotopic (exact) mass is 360 g/mol. The van der Waals surface area contributed by atoms with Crippen molar-refractivity contribution in [1.29, 1.82) is 0 Å². The lowest BCUT2D eigenvalue weighted by Crippen LogP contribution is -2.27. The average molecular weight is 361 g/mol. The summed E-state index contributed by atoms with van der Waals surface area (Å²) in [6.07, 6.45) is 2.24. The standard InChI is InChI=1S/C13H10Cl2N2O4S/c1-22(20,21)9-4-2-8(3-5-9)11(18)7-17-13(19)12(15)10(14)6-16-17/h2-6H,7H2,1H3. The number of Topliss-reactive ketones (excluding diaryl/α,β-unsaturated/α-hetero) is 1. The van der Waals surface area contributed by atoms with E-state index in [1.807, 2.05) is 0 Å². The number of carbonyl (C=O) groups is 1. The van der Waals surface area contributed by atoms with Crippen molar-refractivity contribution in [2.45, 2.75) is 11.4 Å². The number of benzene rings is 1. The van der Waals surface area contributed by atoms with E-state index in [0.29, 0.717) is 0 Å². The molecule has 1 heterocycles. The van der Waals surface area contributed by atoms with Crippen LogP contribution in [0, 0.1) is 0 Å². The molecule has 0 N–H and O–H groups in total. The molecule has 2 rings (SSSR count). The van der Waals surface area contributed by atoms with Crippen molar-refractivity contribution in [3.8, 4) is 0 Å². The predicted octanol–water partition coefficient (Wildman–Crippen LogP) is 1.84. The van der Waals surface area contributed by atoms with E-state index in [2.05, 4.69) is 5.10 Å². The second-order valence-corrected chi connectivity index (χ2v) is 7.29. The van der Waals surface area contributed by atoms with Crippen molar-refractivity contribution < 1.29 is 13.2 Å². The van der Waals surface area contributed by atoms with Crippen LogP contribution in [-0.4, -0.2) is 30.2 Å². The molecular formula is C13H10Cl2N2O4S. The summed E-state index contributed by atoms with van der Waals surface area (Å²) in [5, 5.41) is 3.53. The summed E-state index contributed by atoms with van der Waals surface area (Å²) in [6, 6.07) is 5.41. The van der Waals surface area contributed by atoms with Crippen molar-refractivity contribution in [3.05, 3.63) is 56.4 Å². The molecule has 0 saturated carbocycles. The van der Waals surface area contributed by atoms with E-state index in [-0.39, 0.29) is 27.0 Å². The number of ketones is 1. The molecule has 22 heavy (non-hydrogen) atoms. The molecule has 116 valence electrons. The van der Waals surface area contributed by atoms with Gasteiger partial charge >= 0.3 is 0 Å². The smallest absolute Gasteiger partial charge is 0.287 e. The highest BCUT2D eigenvalue weighted by atomic mass is 35.5. The maximum atomic E-state index is 12.1. The van der Waals surface area contributed by atoms with Crippen molar-refractivity contribution in [2.24, 2.45) is 0 Å². The van der Waals surface area contributed by atoms with Crippen LogP contribution in [0.4, 0.5) is 0 Å².